The summed E-state index contributed by atoms with van der Waals surface area (Å²) in [7, 11) is 0. The van der Waals surface area contributed by atoms with Gasteiger partial charge in [0.25, 0.3) is 0 Å². The van der Waals surface area contributed by atoms with Crippen molar-refractivity contribution in [1.82, 2.24) is 0 Å². The molecule has 0 heterocycles. The van der Waals surface area contributed by atoms with E-state index in [1.807, 2.05) is 0 Å². The lowest BCUT2D eigenvalue weighted by molar-refractivity contribution is 0.775. The van der Waals surface area contributed by atoms with Crippen molar-refractivity contribution in [1.29, 1.82) is 0 Å². The fraction of sp³-hybridized carbons (Fsp3) is 0.0233. The van der Waals surface area contributed by atoms with E-state index in [-0.39, 0.29) is 0 Å². The van der Waals surface area contributed by atoms with Crippen molar-refractivity contribution < 1.29 is 0 Å². The molecule has 0 amide bonds. The van der Waals surface area contributed by atoms with Gasteiger partial charge in [0.1, 0.15) is 0 Å². The molecule has 7 aromatic rings. The van der Waals surface area contributed by atoms with E-state index in [0.29, 0.717) is 0 Å². The highest BCUT2D eigenvalue weighted by Gasteiger charge is 2.49. The zero-order valence-corrected chi connectivity index (χ0v) is 24.2. The van der Waals surface area contributed by atoms with E-state index < -0.39 is 5.41 Å². The van der Waals surface area contributed by atoms with Crippen LogP contribution in [-0.4, -0.2) is 0 Å². The van der Waals surface area contributed by atoms with Crippen LogP contribution in [0.5, 0.6) is 0 Å². The first-order valence-electron chi connectivity index (χ1n) is 15.3. The van der Waals surface area contributed by atoms with E-state index in [2.05, 4.69) is 175 Å². The molecule has 1 N–H and O–H groups in total. The average Bonchev–Trinajstić information content (AvgIpc) is 3.33. The SMILES string of the molecule is c1ccc(-c2ccc(Nc3ccc4c(c3)-c3ccccc3C43c4ccccc4-c4ccccc4-c4ccccc43)cc2)cc1. The van der Waals surface area contributed by atoms with Crippen molar-refractivity contribution in [2.75, 3.05) is 5.32 Å². The quantitative estimate of drug-likeness (QED) is 0.227. The van der Waals surface area contributed by atoms with Crippen LogP contribution in [0, 0.1) is 0 Å². The third-order valence-electron chi connectivity index (χ3n) is 9.50. The van der Waals surface area contributed by atoms with E-state index in [4.69, 9.17) is 0 Å². The van der Waals surface area contributed by atoms with Crippen LogP contribution in [0.25, 0.3) is 44.5 Å². The van der Waals surface area contributed by atoms with Gasteiger partial charge in [-0.2, -0.15) is 0 Å². The summed E-state index contributed by atoms with van der Waals surface area (Å²) in [4.78, 5) is 0. The molecule has 9 rings (SSSR count). The lowest BCUT2D eigenvalue weighted by atomic mass is 9.66. The fourth-order valence-corrected chi connectivity index (χ4v) is 7.67. The van der Waals surface area contributed by atoms with Gasteiger partial charge in [0.2, 0.25) is 0 Å². The maximum absolute atomic E-state index is 3.70. The van der Waals surface area contributed by atoms with Crippen molar-refractivity contribution in [3.63, 3.8) is 0 Å². The highest BCUT2D eigenvalue weighted by Crippen LogP contribution is 2.61. The zero-order valence-electron chi connectivity index (χ0n) is 24.2. The molecule has 0 radical (unpaired) electrons. The molecule has 44 heavy (non-hydrogen) atoms. The second-order valence-electron chi connectivity index (χ2n) is 11.8. The lowest BCUT2D eigenvalue weighted by Gasteiger charge is -2.35. The second kappa shape index (κ2) is 9.69. The van der Waals surface area contributed by atoms with Gasteiger partial charge in [0.15, 0.2) is 0 Å². The van der Waals surface area contributed by atoms with Crippen molar-refractivity contribution >= 4 is 11.4 Å². The van der Waals surface area contributed by atoms with Crippen LogP contribution in [0.2, 0.25) is 0 Å². The molecule has 0 bridgehead atoms. The number of hydrogen-bond acceptors (Lipinski definition) is 1. The molecule has 1 spiro atoms. The minimum absolute atomic E-state index is 0.437. The van der Waals surface area contributed by atoms with E-state index in [1.165, 1.54) is 66.8 Å². The van der Waals surface area contributed by atoms with Gasteiger partial charge in [-0.15, -0.1) is 0 Å². The van der Waals surface area contributed by atoms with Crippen molar-refractivity contribution in [2.24, 2.45) is 0 Å². The maximum atomic E-state index is 3.70. The Morgan fingerprint density at radius 1 is 0.295 bits per heavy atom. The van der Waals surface area contributed by atoms with Crippen LogP contribution in [0.1, 0.15) is 22.3 Å². The van der Waals surface area contributed by atoms with Gasteiger partial charge in [0, 0.05) is 11.4 Å². The summed E-state index contributed by atoms with van der Waals surface area (Å²) in [6, 6.07) is 62.1. The summed E-state index contributed by atoms with van der Waals surface area (Å²) in [5.74, 6) is 0. The number of fused-ring (bicyclic) bond motifs is 12. The standard InChI is InChI=1S/C43H29N/c1-2-12-29(13-3-1)30-22-24-31(25-23-30)44-32-26-27-42-38(28-32)37-18-8-11-21-41(37)43(42)39-19-9-6-16-35(39)33-14-4-5-15-34(33)36-17-7-10-20-40(36)43/h1-28,44H. The van der Waals surface area contributed by atoms with Crippen LogP contribution in [0.15, 0.2) is 170 Å². The van der Waals surface area contributed by atoms with E-state index >= 15 is 0 Å². The average molecular weight is 560 g/mol. The van der Waals surface area contributed by atoms with Gasteiger partial charge in [0.05, 0.1) is 5.41 Å². The lowest BCUT2D eigenvalue weighted by Crippen LogP contribution is -2.29. The van der Waals surface area contributed by atoms with Gasteiger partial charge in [-0.3, -0.25) is 0 Å². The molecule has 2 aliphatic carbocycles. The number of rotatable bonds is 3. The molecule has 1 heteroatoms. The smallest absolute Gasteiger partial charge is 0.0725 e. The van der Waals surface area contributed by atoms with Gasteiger partial charge >= 0.3 is 0 Å². The summed E-state index contributed by atoms with van der Waals surface area (Å²) in [5, 5.41) is 3.70. The molecular formula is C43H29N. The minimum atomic E-state index is -0.437. The van der Waals surface area contributed by atoms with Crippen LogP contribution in [0.4, 0.5) is 11.4 Å². The maximum Gasteiger partial charge on any atom is 0.0725 e. The molecule has 0 aliphatic heterocycles. The number of anilines is 2. The Balaban J connectivity index is 1.24. The van der Waals surface area contributed by atoms with E-state index in [9.17, 15) is 0 Å². The molecule has 0 aromatic heterocycles. The predicted molar refractivity (Wildman–Crippen MR) is 183 cm³/mol. The van der Waals surface area contributed by atoms with Crippen LogP contribution in [-0.2, 0) is 5.41 Å². The fourth-order valence-electron chi connectivity index (χ4n) is 7.67. The van der Waals surface area contributed by atoms with E-state index in [0.717, 1.165) is 11.4 Å². The monoisotopic (exact) mass is 559 g/mol. The van der Waals surface area contributed by atoms with Gasteiger partial charge in [-0.25, -0.2) is 0 Å². The summed E-state index contributed by atoms with van der Waals surface area (Å²) in [6.45, 7) is 0. The third kappa shape index (κ3) is 3.53. The van der Waals surface area contributed by atoms with Crippen molar-refractivity contribution in [3.8, 4) is 44.5 Å². The molecule has 0 atom stereocenters. The Morgan fingerprint density at radius 3 is 1.27 bits per heavy atom. The Hall–Kier alpha value is -5.66. The molecule has 7 aromatic carbocycles. The molecule has 0 saturated carbocycles. The first-order valence-corrected chi connectivity index (χ1v) is 15.3. The zero-order chi connectivity index (χ0) is 29.1. The first kappa shape index (κ1) is 24.9. The predicted octanol–water partition coefficient (Wildman–Crippen LogP) is 11.1. The van der Waals surface area contributed by atoms with Crippen molar-refractivity contribution in [3.05, 3.63) is 192 Å². The van der Waals surface area contributed by atoms with Gasteiger partial charge in [-0.1, -0.05) is 146 Å². The van der Waals surface area contributed by atoms with Gasteiger partial charge in [-0.05, 0) is 91.0 Å². The highest BCUT2D eigenvalue weighted by atomic mass is 14.9. The summed E-state index contributed by atoms with van der Waals surface area (Å²) in [6.07, 6.45) is 0. The second-order valence-corrected chi connectivity index (χ2v) is 11.8. The molecular weight excluding hydrogens is 530 g/mol. The van der Waals surface area contributed by atoms with Crippen LogP contribution in [0.3, 0.4) is 0 Å². The Kier molecular flexibility index (Phi) is 5.48. The Labute approximate surface area is 258 Å². The Morgan fingerprint density at radius 2 is 0.705 bits per heavy atom. The number of hydrogen-bond donors (Lipinski definition) is 1. The third-order valence-corrected chi connectivity index (χ3v) is 9.50. The molecule has 2 aliphatic rings. The normalized spacial score (nSPS) is 13.2. The largest absolute Gasteiger partial charge is 0.356 e. The van der Waals surface area contributed by atoms with E-state index in [1.54, 1.807) is 0 Å². The number of benzene rings is 7. The molecule has 0 unspecified atom stereocenters. The molecule has 206 valence electrons. The summed E-state index contributed by atoms with van der Waals surface area (Å²) < 4.78 is 0. The molecule has 0 saturated heterocycles. The van der Waals surface area contributed by atoms with Crippen LogP contribution >= 0.6 is 0 Å². The topological polar surface area (TPSA) is 12.0 Å². The van der Waals surface area contributed by atoms with Crippen LogP contribution < -0.4 is 5.32 Å². The number of nitrogens with one attached hydrogen (secondary N) is 1. The molecule has 1 nitrogen and oxygen atoms in total. The molecule has 0 fully saturated rings. The Bertz CT molecular complexity index is 2120. The summed E-state index contributed by atoms with van der Waals surface area (Å²) >= 11 is 0. The van der Waals surface area contributed by atoms with Crippen molar-refractivity contribution in [2.45, 2.75) is 5.41 Å². The first-order chi connectivity index (χ1) is 21.8. The highest BCUT2D eigenvalue weighted by molar-refractivity contribution is 5.97. The summed E-state index contributed by atoms with van der Waals surface area (Å²) in [5.41, 5.74) is 17.2. The minimum Gasteiger partial charge on any atom is -0.356 e. The van der Waals surface area contributed by atoms with Gasteiger partial charge < -0.3 is 5.32 Å².